The van der Waals surface area contributed by atoms with Crippen molar-refractivity contribution in [2.24, 2.45) is 0 Å². The van der Waals surface area contributed by atoms with Gasteiger partial charge in [0.2, 0.25) is 0 Å². The maximum atomic E-state index is 12.9. The summed E-state index contributed by atoms with van der Waals surface area (Å²) in [5.41, 5.74) is 1.32. The molecule has 0 aliphatic heterocycles. The topological polar surface area (TPSA) is 85.9 Å². The van der Waals surface area contributed by atoms with Crippen molar-refractivity contribution in [2.45, 2.75) is 20.0 Å². The van der Waals surface area contributed by atoms with E-state index in [0.29, 0.717) is 39.2 Å². The molecule has 33 heavy (non-hydrogen) atoms. The SMILES string of the molecule is COc1ccccc1OCC(=O)Nc1cccc(NC(=O)c2cc(Cl)ccc2OC(C)C)c1. The molecule has 2 amide bonds. The van der Waals surface area contributed by atoms with E-state index in [0.717, 1.165) is 0 Å². The smallest absolute Gasteiger partial charge is 0.262 e. The second kappa shape index (κ2) is 11.2. The van der Waals surface area contributed by atoms with Gasteiger partial charge in [0.1, 0.15) is 5.75 Å². The first-order valence-corrected chi connectivity index (χ1v) is 10.7. The Morgan fingerprint density at radius 1 is 0.879 bits per heavy atom. The number of para-hydroxylation sites is 2. The van der Waals surface area contributed by atoms with Crippen LogP contribution in [0.2, 0.25) is 5.02 Å². The van der Waals surface area contributed by atoms with E-state index in [1.54, 1.807) is 60.7 Å². The van der Waals surface area contributed by atoms with Crippen molar-refractivity contribution in [3.63, 3.8) is 0 Å². The molecule has 0 unspecified atom stereocenters. The van der Waals surface area contributed by atoms with Gasteiger partial charge in [-0.3, -0.25) is 9.59 Å². The molecular weight excluding hydrogens is 444 g/mol. The molecule has 0 spiro atoms. The third-order valence-corrected chi connectivity index (χ3v) is 4.62. The second-order valence-electron chi connectivity index (χ2n) is 7.33. The highest BCUT2D eigenvalue weighted by atomic mass is 35.5. The molecule has 0 heterocycles. The zero-order valence-corrected chi connectivity index (χ0v) is 19.3. The zero-order chi connectivity index (χ0) is 23.8. The number of amides is 2. The Kier molecular flexibility index (Phi) is 8.16. The average Bonchev–Trinajstić information content (AvgIpc) is 2.79. The van der Waals surface area contributed by atoms with Gasteiger partial charge in [0, 0.05) is 16.4 Å². The molecule has 3 rings (SSSR count). The zero-order valence-electron chi connectivity index (χ0n) is 18.6. The first-order chi connectivity index (χ1) is 15.9. The molecule has 3 aromatic carbocycles. The summed E-state index contributed by atoms with van der Waals surface area (Å²) in [7, 11) is 1.53. The fourth-order valence-electron chi connectivity index (χ4n) is 2.99. The Morgan fingerprint density at radius 3 is 2.27 bits per heavy atom. The van der Waals surface area contributed by atoms with Crippen LogP contribution in [-0.2, 0) is 4.79 Å². The van der Waals surface area contributed by atoms with Gasteiger partial charge in [-0.05, 0) is 62.4 Å². The summed E-state index contributed by atoms with van der Waals surface area (Å²) < 4.78 is 16.5. The quantitative estimate of drug-likeness (QED) is 0.438. The molecule has 0 fully saturated rings. The molecule has 0 radical (unpaired) electrons. The van der Waals surface area contributed by atoms with E-state index in [4.69, 9.17) is 25.8 Å². The third kappa shape index (κ3) is 6.89. The molecule has 0 aliphatic rings. The van der Waals surface area contributed by atoms with Crippen molar-refractivity contribution < 1.29 is 23.8 Å². The van der Waals surface area contributed by atoms with Gasteiger partial charge >= 0.3 is 0 Å². The Labute approximate surface area is 197 Å². The van der Waals surface area contributed by atoms with Crippen LogP contribution in [0.3, 0.4) is 0 Å². The van der Waals surface area contributed by atoms with Crippen LogP contribution in [-0.4, -0.2) is 31.6 Å². The highest BCUT2D eigenvalue weighted by molar-refractivity contribution is 6.31. The minimum Gasteiger partial charge on any atom is -0.493 e. The lowest BCUT2D eigenvalue weighted by Crippen LogP contribution is -2.20. The van der Waals surface area contributed by atoms with Gasteiger partial charge in [0.25, 0.3) is 11.8 Å². The summed E-state index contributed by atoms with van der Waals surface area (Å²) in [5, 5.41) is 5.98. The van der Waals surface area contributed by atoms with Crippen LogP contribution in [0.1, 0.15) is 24.2 Å². The summed E-state index contributed by atoms with van der Waals surface area (Å²) >= 11 is 6.07. The number of hydrogen-bond acceptors (Lipinski definition) is 5. The number of anilines is 2. The Hall–Kier alpha value is -3.71. The second-order valence-corrected chi connectivity index (χ2v) is 7.77. The molecule has 2 N–H and O–H groups in total. The number of halogens is 1. The first kappa shape index (κ1) is 23.9. The maximum absolute atomic E-state index is 12.9. The molecule has 0 bridgehead atoms. The Morgan fingerprint density at radius 2 is 1.58 bits per heavy atom. The van der Waals surface area contributed by atoms with E-state index in [2.05, 4.69) is 10.6 Å². The monoisotopic (exact) mass is 468 g/mol. The number of ether oxygens (including phenoxy) is 3. The fourth-order valence-corrected chi connectivity index (χ4v) is 3.16. The highest BCUT2D eigenvalue weighted by Gasteiger charge is 2.15. The van der Waals surface area contributed by atoms with Gasteiger partial charge in [-0.1, -0.05) is 29.8 Å². The number of rotatable bonds is 9. The molecule has 0 aromatic heterocycles. The molecular formula is C25H25ClN2O5. The molecule has 8 heteroatoms. The minimum atomic E-state index is -0.379. The van der Waals surface area contributed by atoms with Crippen LogP contribution >= 0.6 is 11.6 Å². The van der Waals surface area contributed by atoms with Crippen molar-refractivity contribution in [3.8, 4) is 17.2 Å². The summed E-state index contributed by atoms with van der Waals surface area (Å²) in [4.78, 5) is 25.2. The summed E-state index contributed by atoms with van der Waals surface area (Å²) in [6.07, 6.45) is -0.102. The van der Waals surface area contributed by atoms with Crippen molar-refractivity contribution >= 4 is 34.8 Å². The van der Waals surface area contributed by atoms with Gasteiger partial charge in [0.15, 0.2) is 18.1 Å². The molecule has 172 valence electrons. The standard InChI is InChI=1S/C25H25ClN2O5/c1-16(2)33-21-12-11-17(26)13-20(21)25(30)28-19-8-6-7-18(14-19)27-24(29)15-32-23-10-5-4-9-22(23)31-3/h4-14,16H,15H2,1-3H3,(H,27,29)(H,28,30). The van der Waals surface area contributed by atoms with E-state index in [1.807, 2.05) is 19.9 Å². The van der Waals surface area contributed by atoms with Crippen molar-refractivity contribution in [2.75, 3.05) is 24.4 Å². The normalized spacial score (nSPS) is 10.5. The first-order valence-electron chi connectivity index (χ1n) is 10.3. The van der Waals surface area contributed by atoms with Gasteiger partial charge < -0.3 is 24.8 Å². The summed E-state index contributed by atoms with van der Waals surface area (Å²) in [6.45, 7) is 3.55. The Balaban J connectivity index is 1.64. The molecule has 0 saturated carbocycles. The average molecular weight is 469 g/mol. The predicted octanol–water partition coefficient (Wildman–Crippen LogP) is 5.41. The van der Waals surface area contributed by atoms with E-state index in [1.165, 1.54) is 7.11 Å². The van der Waals surface area contributed by atoms with E-state index < -0.39 is 0 Å². The summed E-state index contributed by atoms with van der Waals surface area (Å²) in [6, 6.07) is 18.7. The van der Waals surface area contributed by atoms with Crippen LogP contribution in [0.15, 0.2) is 66.7 Å². The van der Waals surface area contributed by atoms with Crippen molar-refractivity contribution in [1.82, 2.24) is 0 Å². The van der Waals surface area contributed by atoms with Gasteiger partial charge in [0.05, 0.1) is 18.8 Å². The third-order valence-electron chi connectivity index (χ3n) is 4.38. The van der Waals surface area contributed by atoms with Crippen LogP contribution in [0.4, 0.5) is 11.4 Å². The fraction of sp³-hybridized carbons (Fsp3) is 0.200. The molecule has 3 aromatic rings. The van der Waals surface area contributed by atoms with Crippen LogP contribution < -0.4 is 24.8 Å². The van der Waals surface area contributed by atoms with E-state index >= 15 is 0 Å². The number of methoxy groups -OCH3 is 1. The molecule has 0 saturated heterocycles. The number of carbonyl (C=O) groups is 2. The van der Waals surface area contributed by atoms with Gasteiger partial charge in [-0.2, -0.15) is 0 Å². The predicted molar refractivity (Wildman–Crippen MR) is 129 cm³/mol. The molecule has 0 aliphatic carbocycles. The number of carbonyl (C=O) groups excluding carboxylic acids is 2. The minimum absolute atomic E-state index is 0.102. The maximum Gasteiger partial charge on any atom is 0.262 e. The van der Waals surface area contributed by atoms with Crippen LogP contribution in [0.5, 0.6) is 17.2 Å². The lowest BCUT2D eigenvalue weighted by molar-refractivity contribution is -0.118. The van der Waals surface area contributed by atoms with Gasteiger partial charge in [-0.25, -0.2) is 0 Å². The lowest BCUT2D eigenvalue weighted by Gasteiger charge is -2.15. The van der Waals surface area contributed by atoms with E-state index in [9.17, 15) is 9.59 Å². The van der Waals surface area contributed by atoms with Gasteiger partial charge in [-0.15, -0.1) is 0 Å². The largest absolute Gasteiger partial charge is 0.493 e. The Bertz CT molecular complexity index is 1130. The van der Waals surface area contributed by atoms with Crippen LogP contribution in [0.25, 0.3) is 0 Å². The number of nitrogens with one attached hydrogen (secondary N) is 2. The summed E-state index contributed by atoms with van der Waals surface area (Å²) in [5.74, 6) is 0.710. The lowest BCUT2D eigenvalue weighted by atomic mass is 10.1. The van der Waals surface area contributed by atoms with Crippen molar-refractivity contribution in [1.29, 1.82) is 0 Å². The number of benzene rings is 3. The van der Waals surface area contributed by atoms with Crippen molar-refractivity contribution in [3.05, 3.63) is 77.3 Å². The van der Waals surface area contributed by atoms with E-state index in [-0.39, 0.29) is 24.5 Å². The highest BCUT2D eigenvalue weighted by Crippen LogP contribution is 2.27. The molecule has 0 atom stereocenters. The number of hydrogen-bond donors (Lipinski definition) is 2. The molecule has 7 nitrogen and oxygen atoms in total. The van der Waals surface area contributed by atoms with Crippen LogP contribution in [0, 0.1) is 0 Å².